The maximum Gasteiger partial charge on any atom is 0.0826 e. The third kappa shape index (κ3) is 3.91. The van der Waals surface area contributed by atoms with Crippen LogP contribution in [0.4, 0.5) is 0 Å². The minimum atomic E-state index is 0.403. The van der Waals surface area contributed by atoms with Crippen LogP contribution in [0.5, 0.6) is 0 Å². The summed E-state index contributed by atoms with van der Waals surface area (Å²) in [6, 6.07) is 0. The van der Waals surface area contributed by atoms with Gasteiger partial charge in [0, 0.05) is 31.4 Å². The quantitative estimate of drug-likeness (QED) is 0.785. The third-order valence-corrected chi connectivity index (χ3v) is 4.84. The summed E-state index contributed by atoms with van der Waals surface area (Å²) in [6.07, 6.45) is 3.20. The van der Waals surface area contributed by atoms with Crippen LogP contribution >= 0.6 is 11.8 Å². The van der Waals surface area contributed by atoms with Gasteiger partial charge in [-0.05, 0) is 25.1 Å². The lowest BCUT2D eigenvalue weighted by atomic mass is 10.2. The number of ether oxygens (including phenoxy) is 1. The Labute approximate surface area is 103 Å². The Balaban J connectivity index is 1.58. The molecule has 2 atom stereocenters. The Kier molecular flexibility index (Phi) is 5.42. The summed E-state index contributed by atoms with van der Waals surface area (Å²) in [6.45, 7) is 8.67. The summed E-state index contributed by atoms with van der Waals surface area (Å²) in [5.74, 6) is 1.36. The van der Waals surface area contributed by atoms with E-state index in [0.29, 0.717) is 6.10 Å². The van der Waals surface area contributed by atoms with Crippen molar-refractivity contribution in [1.82, 2.24) is 10.2 Å². The molecule has 0 aromatic carbocycles. The number of hydrogen-bond donors (Lipinski definition) is 1. The van der Waals surface area contributed by atoms with Crippen molar-refractivity contribution in [3.63, 3.8) is 0 Å². The number of hydrogen-bond acceptors (Lipinski definition) is 4. The number of rotatable bonds is 5. The molecule has 2 rings (SSSR count). The molecule has 0 amide bonds. The molecular weight excluding hydrogens is 220 g/mol. The van der Waals surface area contributed by atoms with Gasteiger partial charge >= 0.3 is 0 Å². The summed E-state index contributed by atoms with van der Waals surface area (Å²) in [5, 5.41) is 4.42. The fourth-order valence-electron chi connectivity index (χ4n) is 2.40. The van der Waals surface area contributed by atoms with Crippen LogP contribution in [-0.4, -0.2) is 61.3 Å². The van der Waals surface area contributed by atoms with E-state index < -0.39 is 0 Å². The third-order valence-electron chi connectivity index (χ3n) is 3.44. The van der Waals surface area contributed by atoms with Gasteiger partial charge in [0.1, 0.15) is 0 Å². The zero-order valence-corrected chi connectivity index (χ0v) is 11.1. The molecule has 0 aromatic rings. The monoisotopic (exact) mass is 244 g/mol. The molecule has 4 heteroatoms. The molecule has 0 bridgehead atoms. The largest absolute Gasteiger partial charge is 0.374 e. The molecule has 0 aliphatic carbocycles. The normalized spacial score (nSPS) is 32.1. The van der Waals surface area contributed by atoms with Crippen molar-refractivity contribution in [2.75, 3.05) is 45.1 Å². The van der Waals surface area contributed by atoms with Crippen LogP contribution in [0, 0.1) is 0 Å². The zero-order valence-electron chi connectivity index (χ0n) is 10.3. The number of thioether (sulfide) groups is 1. The first kappa shape index (κ1) is 12.7. The van der Waals surface area contributed by atoms with E-state index in [1.807, 2.05) is 0 Å². The van der Waals surface area contributed by atoms with E-state index in [1.165, 1.54) is 18.6 Å². The molecule has 2 fully saturated rings. The molecular formula is C12H24N2OS. The van der Waals surface area contributed by atoms with Crippen molar-refractivity contribution in [3.05, 3.63) is 0 Å². The van der Waals surface area contributed by atoms with Gasteiger partial charge in [0.05, 0.1) is 12.7 Å². The summed E-state index contributed by atoms with van der Waals surface area (Å²) in [4.78, 5) is 2.47. The van der Waals surface area contributed by atoms with Gasteiger partial charge in [0.15, 0.2) is 0 Å². The highest BCUT2D eigenvalue weighted by atomic mass is 32.2. The van der Waals surface area contributed by atoms with Gasteiger partial charge in [-0.15, -0.1) is 0 Å². The van der Waals surface area contributed by atoms with E-state index in [-0.39, 0.29) is 0 Å². The van der Waals surface area contributed by atoms with Gasteiger partial charge in [-0.25, -0.2) is 0 Å². The van der Waals surface area contributed by atoms with Crippen molar-refractivity contribution in [3.8, 4) is 0 Å². The number of morpholine rings is 1. The van der Waals surface area contributed by atoms with Crippen LogP contribution in [0.3, 0.4) is 0 Å². The Morgan fingerprint density at radius 3 is 3.12 bits per heavy atom. The summed E-state index contributed by atoms with van der Waals surface area (Å²) in [5.41, 5.74) is 0. The summed E-state index contributed by atoms with van der Waals surface area (Å²) >= 11 is 2.12. The predicted molar refractivity (Wildman–Crippen MR) is 70.2 cm³/mol. The molecule has 16 heavy (non-hydrogen) atoms. The van der Waals surface area contributed by atoms with Crippen molar-refractivity contribution in [2.45, 2.75) is 31.1 Å². The lowest BCUT2D eigenvalue weighted by Crippen LogP contribution is -2.47. The predicted octanol–water partition coefficient (Wildman–Crippen LogP) is 1.19. The minimum Gasteiger partial charge on any atom is -0.374 e. The molecule has 0 spiro atoms. The second-order valence-corrected chi connectivity index (χ2v) is 6.09. The van der Waals surface area contributed by atoms with Gasteiger partial charge < -0.3 is 10.1 Å². The lowest BCUT2D eigenvalue weighted by molar-refractivity contribution is -0.0251. The number of nitrogens with one attached hydrogen (secondary N) is 1. The number of nitrogens with zero attached hydrogens (tertiary/aromatic N) is 1. The topological polar surface area (TPSA) is 24.5 Å². The minimum absolute atomic E-state index is 0.403. The molecule has 0 aromatic heterocycles. The smallest absolute Gasteiger partial charge is 0.0826 e. The Hall–Kier alpha value is 0.230. The standard InChI is InChI=1S/C12H24N2OS/c1-2-14-5-6-15-11(10-14)8-13-9-12-4-3-7-16-12/h11-13H,2-10H2,1H3. The molecule has 1 N–H and O–H groups in total. The Morgan fingerprint density at radius 2 is 2.38 bits per heavy atom. The van der Waals surface area contributed by atoms with Gasteiger partial charge in [-0.1, -0.05) is 6.92 Å². The first-order valence-electron chi connectivity index (χ1n) is 6.54. The van der Waals surface area contributed by atoms with Crippen molar-refractivity contribution < 1.29 is 4.74 Å². The van der Waals surface area contributed by atoms with Gasteiger partial charge in [-0.2, -0.15) is 11.8 Å². The highest BCUT2D eigenvalue weighted by molar-refractivity contribution is 8.00. The van der Waals surface area contributed by atoms with E-state index in [9.17, 15) is 0 Å². The molecule has 2 heterocycles. The van der Waals surface area contributed by atoms with Crippen LogP contribution in [0.2, 0.25) is 0 Å². The first-order chi connectivity index (χ1) is 7.88. The van der Waals surface area contributed by atoms with Crippen LogP contribution in [0.1, 0.15) is 19.8 Å². The molecule has 0 radical (unpaired) electrons. The maximum atomic E-state index is 5.76. The summed E-state index contributed by atoms with van der Waals surface area (Å²) < 4.78 is 5.76. The molecule has 2 unspecified atom stereocenters. The molecule has 2 aliphatic rings. The average molecular weight is 244 g/mol. The SMILES string of the molecule is CCN1CCOC(CNCC2CCCS2)C1. The van der Waals surface area contributed by atoms with Gasteiger partial charge in [0.2, 0.25) is 0 Å². The van der Waals surface area contributed by atoms with Crippen molar-refractivity contribution >= 4 is 11.8 Å². The fourth-order valence-corrected chi connectivity index (χ4v) is 3.64. The fraction of sp³-hybridized carbons (Fsp3) is 1.00. The second kappa shape index (κ2) is 6.84. The molecule has 0 saturated carbocycles. The van der Waals surface area contributed by atoms with Crippen LogP contribution < -0.4 is 5.32 Å². The summed E-state index contributed by atoms with van der Waals surface area (Å²) in [7, 11) is 0. The highest BCUT2D eigenvalue weighted by Gasteiger charge is 2.20. The van der Waals surface area contributed by atoms with Crippen molar-refractivity contribution in [2.24, 2.45) is 0 Å². The van der Waals surface area contributed by atoms with Gasteiger partial charge in [-0.3, -0.25) is 4.90 Å². The van der Waals surface area contributed by atoms with Crippen LogP contribution in [0.15, 0.2) is 0 Å². The molecule has 94 valence electrons. The van der Waals surface area contributed by atoms with E-state index in [1.54, 1.807) is 0 Å². The van der Waals surface area contributed by atoms with E-state index in [4.69, 9.17) is 4.74 Å². The van der Waals surface area contributed by atoms with E-state index >= 15 is 0 Å². The van der Waals surface area contributed by atoms with Crippen molar-refractivity contribution in [1.29, 1.82) is 0 Å². The van der Waals surface area contributed by atoms with E-state index in [2.05, 4.69) is 28.9 Å². The average Bonchev–Trinajstić information content (AvgIpc) is 2.82. The maximum absolute atomic E-state index is 5.76. The molecule has 2 aliphatic heterocycles. The lowest BCUT2D eigenvalue weighted by Gasteiger charge is -2.32. The number of likely N-dealkylation sites (N-methyl/N-ethyl adjacent to an activating group) is 1. The van der Waals surface area contributed by atoms with E-state index in [0.717, 1.165) is 44.6 Å². The molecule has 2 saturated heterocycles. The first-order valence-corrected chi connectivity index (χ1v) is 7.59. The van der Waals surface area contributed by atoms with Gasteiger partial charge in [0.25, 0.3) is 0 Å². The molecule has 3 nitrogen and oxygen atoms in total. The Bertz CT molecular complexity index is 197. The zero-order chi connectivity index (χ0) is 11.2. The highest BCUT2D eigenvalue weighted by Crippen LogP contribution is 2.25. The Morgan fingerprint density at radius 1 is 1.44 bits per heavy atom. The van der Waals surface area contributed by atoms with Crippen LogP contribution in [-0.2, 0) is 4.74 Å². The van der Waals surface area contributed by atoms with Crippen LogP contribution in [0.25, 0.3) is 0 Å². The second-order valence-electron chi connectivity index (χ2n) is 4.68.